The molecule has 0 unspecified atom stereocenters. The molecule has 1 amide bonds. The molecule has 0 saturated heterocycles. The molecule has 2 aromatic carbocycles. The van der Waals surface area contributed by atoms with Gasteiger partial charge in [-0.15, -0.1) is 0 Å². The fourth-order valence-electron chi connectivity index (χ4n) is 2.24. The van der Waals surface area contributed by atoms with Crippen LogP contribution in [0.1, 0.15) is 10.4 Å². The molecule has 0 spiro atoms. The molecule has 0 atom stereocenters. The van der Waals surface area contributed by atoms with Crippen LogP contribution in [0.5, 0.6) is 5.75 Å². The van der Waals surface area contributed by atoms with Gasteiger partial charge in [0, 0.05) is 24.0 Å². The molecule has 1 heterocycles. The predicted octanol–water partition coefficient (Wildman–Crippen LogP) is 4.36. The lowest BCUT2D eigenvalue weighted by Crippen LogP contribution is -2.13. The molecular formula is C19H15F2N3O2. The number of carbonyl (C=O) groups excluding carboxylic acids is 1. The number of ether oxygens (including phenoxy) is 1. The van der Waals surface area contributed by atoms with Crippen molar-refractivity contribution in [2.45, 2.75) is 0 Å². The molecule has 132 valence electrons. The Morgan fingerprint density at radius 3 is 2.62 bits per heavy atom. The molecule has 0 aliphatic rings. The lowest BCUT2D eigenvalue weighted by Gasteiger charge is -2.09. The van der Waals surface area contributed by atoms with E-state index in [1.165, 1.54) is 6.20 Å². The summed E-state index contributed by atoms with van der Waals surface area (Å²) in [6.07, 6.45) is 1.36. The number of anilines is 3. The van der Waals surface area contributed by atoms with Crippen LogP contribution in [0.4, 0.5) is 26.0 Å². The Morgan fingerprint density at radius 1 is 1.08 bits per heavy atom. The molecular weight excluding hydrogens is 340 g/mol. The quantitative estimate of drug-likeness (QED) is 0.714. The van der Waals surface area contributed by atoms with Gasteiger partial charge < -0.3 is 15.4 Å². The summed E-state index contributed by atoms with van der Waals surface area (Å²) in [6, 6.07) is 13.4. The van der Waals surface area contributed by atoms with Crippen molar-refractivity contribution < 1.29 is 18.3 Å². The molecule has 0 aliphatic carbocycles. The Labute approximate surface area is 148 Å². The minimum Gasteiger partial charge on any atom is -0.497 e. The fraction of sp³-hybridized carbons (Fsp3) is 0.0526. The van der Waals surface area contributed by atoms with Gasteiger partial charge in [-0.3, -0.25) is 4.79 Å². The summed E-state index contributed by atoms with van der Waals surface area (Å²) >= 11 is 0. The Morgan fingerprint density at radius 2 is 1.92 bits per heavy atom. The number of aromatic nitrogens is 1. The van der Waals surface area contributed by atoms with Gasteiger partial charge in [0.1, 0.15) is 23.2 Å². The second kappa shape index (κ2) is 7.60. The summed E-state index contributed by atoms with van der Waals surface area (Å²) in [6.45, 7) is 0. The van der Waals surface area contributed by atoms with E-state index in [1.807, 2.05) is 18.2 Å². The first-order chi connectivity index (χ1) is 12.5. The molecule has 3 aromatic rings. The van der Waals surface area contributed by atoms with E-state index >= 15 is 0 Å². The smallest absolute Gasteiger partial charge is 0.257 e. The number of halogens is 2. The van der Waals surface area contributed by atoms with E-state index in [1.54, 1.807) is 25.3 Å². The molecule has 5 nitrogen and oxygen atoms in total. The first-order valence-corrected chi connectivity index (χ1v) is 7.69. The highest BCUT2D eigenvalue weighted by Gasteiger charge is 2.10. The highest BCUT2D eigenvalue weighted by Crippen LogP contribution is 2.21. The largest absolute Gasteiger partial charge is 0.497 e. The minimum atomic E-state index is -0.845. The Balaban J connectivity index is 1.69. The third kappa shape index (κ3) is 4.13. The van der Waals surface area contributed by atoms with E-state index in [0.29, 0.717) is 17.6 Å². The van der Waals surface area contributed by atoms with Crippen LogP contribution in [0, 0.1) is 11.6 Å². The SMILES string of the molecule is COc1cccc(Nc2ccc(C(=O)Nc3ccc(F)cc3F)cn2)c1. The van der Waals surface area contributed by atoms with Crippen molar-refractivity contribution >= 4 is 23.1 Å². The number of nitrogens with zero attached hydrogens (tertiary/aromatic N) is 1. The number of nitrogens with one attached hydrogen (secondary N) is 2. The monoisotopic (exact) mass is 355 g/mol. The van der Waals surface area contributed by atoms with Crippen LogP contribution in [-0.4, -0.2) is 18.0 Å². The van der Waals surface area contributed by atoms with Crippen molar-refractivity contribution in [3.05, 3.63) is 78.0 Å². The van der Waals surface area contributed by atoms with Gasteiger partial charge in [0.2, 0.25) is 0 Å². The molecule has 2 N–H and O–H groups in total. The van der Waals surface area contributed by atoms with E-state index in [4.69, 9.17) is 4.74 Å². The van der Waals surface area contributed by atoms with Gasteiger partial charge in [0.15, 0.2) is 0 Å². The van der Waals surface area contributed by atoms with E-state index in [2.05, 4.69) is 15.6 Å². The number of pyridine rings is 1. The summed E-state index contributed by atoms with van der Waals surface area (Å²) in [7, 11) is 1.58. The van der Waals surface area contributed by atoms with Crippen LogP contribution >= 0.6 is 0 Å². The van der Waals surface area contributed by atoms with E-state index in [0.717, 1.165) is 17.8 Å². The third-order valence-electron chi connectivity index (χ3n) is 3.55. The van der Waals surface area contributed by atoms with Gasteiger partial charge in [-0.1, -0.05) is 6.07 Å². The lowest BCUT2D eigenvalue weighted by molar-refractivity contribution is 0.102. The number of hydrogen-bond acceptors (Lipinski definition) is 4. The number of methoxy groups -OCH3 is 1. The molecule has 0 radical (unpaired) electrons. The normalized spacial score (nSPS) is 10.3. The first-order valence-electron chi connectivity index (χ1n) is 7.69. The number of benzene rings is 2. The van der Waals surface area contributed by atoms with Crippen molar-refractivity contribution in [1.29, 1.82) is 0 Å². The standard InChI is InChI=1S/C19H15F2N3O2/c1-26-15-4-2-3-14(10-15)23-18-8-5-12(11-22-18)19(25)24-17-7-6-13(20)9-16(17)21/h2-11H,1H3,(H,22,23)(H,24,25). The zero-order valence-corrected chi connectivity index (χ0v) is 13.8. The summed E-state index contributed by atoms with van der Waals surface area (Å²) < 4.78 is 31.7. The Hall–Kier alpha value is -3.48. The topological polar surface area (TPSA) is 63.2 Å². The van der Waals surface area contributed by atoms with Gasteiger partial charge in [0.05, 0.1) is 18.4 Å². The number of amides is 1. The summed E-state index contributed by atoms with van der Waals surface area (Å²) in [5, 5.41) is 5.47. The molecule has 26 heavy (non-hydrogen) atoms. The molecule has 1 aromatic heterocycles. The third-order valence-corrected chi connectivity index (χ3v) is 3.55. The maximum atomic E-state index is 13.6. The average molecular weight is 355 g/mol. The maximum Gasteiger partial charge on any atom is 0.257 e. The van der Waals surface area contributed by atoms with Crippen LogP contribution in [0.15, 0.2) is 60.8 Å². The zero-order valence-electron chi connectivity index (χ0n) is 13.8. The van der Waals surface area contributed by atoms with Crippen LogP contribution in [-0.2, 0) is 0 Å². The molecule has 7 heteroatoms. The highest BCUT2D eigenvalue weighted by molar-refractivity contribution is 6.04. The van der Waals surface area contributed by atoms with Crippen LogP contribution < -0.4 is 15.4 Å². The average Bonchev–Trinajstić information content (AvgIpc) is 2.64. The molecule has 0 fully saturated rings. The second-order valence-corrected chi connectivity index (χ2v) is 5.37. The van der Waals surface area contributed by atoms with Crippen LogP contribution in [0.2, 0.25) is 0 Å². The van der Waals surface area contributed by atoms with Crippen molar-refractivity contribution in [2.75, 3.05) is 17.7 Å². The van der Waals surface area contributed by atoms with Gasteiger partial charge in [-0.25, -0.2) is 13.8 Å². The number of hydrogen-bond donors (Lipinski definition) is 2. The summed E-state index contributed by atoms with van der Waals surface area (Å²) in [4.78, 5) is 16.3. The summed E-state index contributed by atoms with van der Waals surface area (Å²) in [5.74, 6) is -0.871. The zero-order chi connectivity index (χ0) is 18.5. The van der Waals surface area contributed by atoms with E-state index < -0.39 is 17.5 Å². The van der Waals surface area contributed by atoms with Crippen molar-refractivity contribution in [1.82, 2.24) is 4.98 Å². The molecule has 0 bridgehead atoms. The van der Waals surface area contributed by atoms with Crippen LogP contribution in [0.3, 0.4) is 0 Å². The van der Waals surface area contributed by atoms with Crippen molar-refractivity contribution in [3.8, 4) is 5.75 Å². The van der Waals surface area contributed by atoms with Crippen LogP contribution in [0.25, 0.3) is 0 Å². The first kappa shape index (κ1) is 17.3. The molecule has 0 aliphatic heterocycles. The minimum absolute atomic E-state index is 0.102. The lowest BCUT2D eigenvalue weighted by atomic mass is 10.2. The fourth-order valence-corrected chi connectivity index (χ4v) is 2.24. The van der Waals surface area contributed by atoms with E-state index in [9.17, 15) is 13.6 Å². The van der Waals surface area contributed by atoms with Gasteiger partial charge in [0.25, 0.3) is 5.91 Å². The Bertz CT molecular complexity index is 930. The van der Waals surface area contributed by atoms with Gasteiger partial charge in [-0.05, 0) is 36.4 Å². The maximum absolute atomic E-state index is 13.6. The molecule has 0 saturated carbocycles. The van der Waals surface area contributed by atoms with Gasteiger partial charge in [-0.2, -0.15) is 0 Å². The molecule has 3 rings (SSSR count). The number of rotatable bonds is 5. The van der Waals surface area contributed by atoms with E-state index in [-0.39, 0.29) is 11.3 Å². The predicted molar refractivity (Wildman–Crippen MR) is 94.8 cm³/mol. The highest BCUT2D eigenvalue weighted by atomic mass is 19.1. The van der Waals surface area contributed by atoms with Gasteiger partial charge >= 0.3 is 0 Å². The second-order valence-electron chi connectivity index (χ2n) is 5.37. The van der Waals surface area contributed by atoms with Crippen molar-refractivity contribution in [2.24, 2.45) is 0 Å². The van der Waals surface area contributed by atoms with Crippen molar-refractivity contribution in [3.63, 3.8) is 0 Å². The Kier molecular flexibility index (Phi) is 5.07. The summed E-state index contributed by atoms with van der Waals surface area (Å²) in [5.41, 5.74) is 0.919. The number of carbonyl (C=O) groups is 1.